The number of rotatable bonds is 1. The minimum absolute atomic E-state index is 0.209. The molecule has 2 heterocycles. The van der Waals surface area contributed by atoms with Gasteiger partial charge in [0.15, 0.2) is 0 Å². The topological polar surface area (TPSA) is 6.48 Å². The lowest BCUT2D eigenvalue weighted by atomic mass is 9.95. The molecule has 0 N–H and O–H groups in total. The van der Waals surface area contributed by atoms with Crippen LogP contribution in [0.1, 0.15) is 11.8 Å². The first-order valence-electron chi connectivity index (χ1n) is 5.07. The van der Waals surface area contributed by atoms with E-state index in [9.17, 15) is 0 Å². The van der Waals surface area contributed by atoms with Crippen LogP contribution in [0.4, 0.5) is 0 Å². The van der Waals surface area contributed by atoms with Crippen LogP contribution in [0.15, 0.2) is 17.5 Å². The Balaban J connectivity index is 2.28. The molecule has 3 heteroatoms. The average Bonchev–Trinajstić information content (AvgIpc) is 2.65. The fourth-order valence-electron chi connectivity index (χ4n) is 2.14. The number of piperazine rings is 1. The maximum Gasteiger partial charge on any atom is 0.0651 e. The van der Waals surface area contributed by atoms with Gasteiger partial charge in [0.1, 0.15) is 0 Å². The summed E-state index contributed by atoms with van der Waals surface area (Å²) in [7, 11) is 4.44. The molecule has 1 saturated heterocycles. The first-order valence-corrected chi connectivity index (χ1v) is 5.95. The highest BCUT2D eigenvalue weighted by Crippen LogP contribution is 2.33. The first-order chi connectivity index (χ1) is 6.63. The number of nitrogens with zero attached hydrogens (tertiary/aromatic N) is 2. The molecule has 1 atom stereocenters. The Morgan fingerprint density at radius 2 is 2.14 bits per heavy atom. The molecule has 0 aliphatic carbocycles. The summed E-state index contributed by atoms with van der Waals surface area (Å²) in [4.78, 5) is 6.37. The quantitative estimate of drug-likeness (QED) is 0.698. The molecule has 0 spiro atoms. The molecular weight excluding hydrogens is 192 g/mol. The molecular formula is C11H18N2S. The van der Waals surface area contributed by atoms with Crippen LogP contribution in [0, 0.1) is 0 Å². The monoisotopic (exact) mass is 210 g/mol. The van der Waals surface area contributed by atoms with Crippen LogP contribution in [-0.4, -0.2) is 43.5 Å². The highest BCUT2D eigenvalue weighted by Gasteiger charge is 2.36. The third-order valence-corrected chi connectivity index (χ3v) is 4.41. The summed E-state index contributed by atoms with van der Waals surface area (Å²) in [5, 5.41) is 2.17. The van der Waals surface area contributed by atoms with Gasteiger partial charge in [0, 0.05) is 24.5 Å². The Hall–Kier alpha value is -0.380. The van der Waals surface area contributed by atoms with Gasteiger partial charge in [-0.2, -0.15) is 0 Å². The summed E-state index contributed by atoms with van der Waals surface area (Å²) in [6, 6.07) is 4.40. The standard InChI is InChI=1S/C11H18N2S/c1-11(10-5-4-8-14-10)9-12(2)6-7-13(11)3/h4-5,8H,6-7,9H2,1-3H3. The molecule has 0 saturated carbocycles. The van der Waals surface area contributed by atoms with Crippen LogP contribution in [0.25, 0.3) is 0 Å². The molecule has 1 aliphatic heterocycles. The van der Waals surface area contributed by atoms with E-state index in [2.05, 4.69) is 48.3 Å². The summed E-state index contributed by atoms with van der Waals surface area (Å²) in [6.07, 6.45) is 0. The molecule has 1 aromatic heterocycles. The van der Waals surface area contributed by atoms with E-state index in [1.807, 2.05) is 11.3 Å². The normalized spacial score (nSPS) is 30.8. The van der Waals surface area contributed by atoms with E-state index in [4.69, 9.17) is 0 Å². The fraction of sp³-hybridized carbons (Fsp3) is 0.636. The van der Waals surface area contributed by atoms with Crippen molar-refractivity contribution >= 4 is 11.3 Å². The van der Waals surface area contributed by atoms with Gasteiger partial charge in [0.2, 0.25) is 0 Å². The molecule has 0 bridgehead atoms. The van der Waals surface area contributed by atoms with Crippen LogP contribution in [0.2, 0.25) is 0 Å². The van der Waals surface area contributed by atoms with Crippen molar-refractivity contribution in [1.29, 1.82) is 0 Å². The van der Waals surface area contributed by atoms with Crippen molar-refractivity contribution in [3.8, 4) is 0 Å². The number of likely N-dealkylation sites (N-methyl/N-ethyl adjacent to an activating group) is 2. The lowest BCUT2D eigenvalue weighted by molar-refractivity contribution is 0.0406. The third kappa shape index (κ3) is 1.60. The Kier molecular flexibility index (Phi) is 2.64. The van der Waals surface area contributed by atoms with Gasteiger partial charge in [-0.05, 0) is 32.5 Å². The van der Waals surface area contributed by atoms with Crippen LogP contribution < -0.4 is 0 Å². The predicted molar refractivity (Wildman–Crippen MR) is 61.8 cm³/mol. The van der Waals surface area contributed by atoms with Gasteiger partial charge < -0.3 is 4.90 Å². The van der Waals surface area contributed by atoms with Crippen LogP contribution in [0.5, 0.6) is 0 Å². The van der Waals surface area contributed by atoms with Crippen LogP contribution in [0.3, 0.4) is 0 Å². The molecule has 14 heavy (non-hydrogen) atoms. The molecule has 0 radical (unpaired) electrons. The number of thiophene rings is 1. The highest BCUT2D eigenvalue weighted by molar-refractivity contribution is 7.10. The highest BCUT2D eigenvalue weighted by atomic mass is 32.1. The van der Waals surface area contributed by atoms with Crippen molar-refractivity contribution in [1.82, 2.24) is 9.80 Å². The van der Waals surface area contributed by atoms with Crippen molar-refractivity contribution in [2.24, 2.45) is 0 Å². The second-order valence-electron chi connectivity index (χ2n) is 4.41. The summed E-state index contributed by atoms with van der Waals surface area (Å²) >= 11 is 1.87. The lowest BCUT2D eigenvalue weighted by Gasteiger charge is -2.45. The van der Waals surface area contributed by atoms with Gasteiger partial charge in [-0.25, -0.2) is 0 Å². The number of hydrogen-bond acceptors (Lipinski definition) is 3. The molecule has 1 fully saturated rings. The van der Waals surface area contributed by atoms with Crippen LogP contribution >= 0.6 is 11.3 Å². The maximum absolute atomic E-state index is 2.47. The first kappa shape index (κ1) is 10.1. The van der Waals surface area contributed by atoms with E-state index in [0.717, 1.165) is 13.1 Å². The SMILES string of the molecule is CN1CCN(C)C(C)(c2cccs2)C1. The van der Waals surface area contributed by atoms with Gasteiger partial charge in [0.05, 0.1) is 5.54 Å². The Labute approximate surface area is 90.1 Å². The third-order valence-electron chi connectivity index (χ3n) is 3.29. The van der Waals surface area contributed by atoms with Gasteiger partial charge >= 0.3 is 0 Å². The molecule has 1 aromatic rings. The van der Waals surface area contributed by atoms with E-state index in [-0.39, 0.29) is 5.54 Å². The van der Waals surface area contributed by atoms with Crippen molar-refractivity contribution in [2.45, 2.75) is 12.5 Å². The summed E-state index contributed by atoms with van der Waals surface area (Å²) < 4.78 is 0. The predicted octanol–water partition coefficient (Wildman–Crippen LogP) is 1.84. The van der Waals surface area contributed by atoms with Crippen molar-refractivity contribution in [3.05, 3.63) is 22.4 Å². The molecule has 0 aromatic carbocycles. The van der Waals surface area contributed by atoms with E-state index < -0.39 is 0 Å². The van der Waals surface area contributed by atoms with Gasteiger partial charge in [-0.3, -0.25) is 4.90 Å². The Bertz CT molecular complexity index is 296. The zero-order chi connectivity index (χ0) is 10.2. The second kappa shape index (κ2) is 3.65. The Morgan fingerprint density at radius 3 is 2.79 bits per heavy atom. The molecule has 1 aliphatic rings. The summed E-state index contributed by atoms with van der Waals surface area (Å²) in [5.41, 5.74) is 0.209. The summed E-state index contributed by atoms with van der Waals surface area (Å²) in [5.74, 6) is 0. The zero-order valence-electron chi connectivity index (χ0n) is 9.16. The Morgan fingerprint density at radius 1 is 1.36 bits per heavy atom. The lowest BCUT2D eigenvalue weighted by Crippen LogP contribution is -2.55. The molecule has 78 valence electrons. The number of hydrogen-bond donors (Lipinski definition) is 0. The van der Waals surface area contributed by atoms with E-state index in [1.54, 1.807) is 0 Å². The van der Waals surface area contributed by atoms with Crippen LogP contribution in [-0.2, 0) is 5.54 Å². The molecule has 2 rings (SSSR count). The molecule has 1 unspecified atom stereocenters. The van der Waals surface area contributed by atoms with Crippen molar-refractivity contribution in [2.75, 3.05) is 33.7 Å². The summed E-state index contributed by atoms with van der Waals surface area (Å²) in [6.45, 7) is 5.81. The van der Waals surface area contributed by atoms with Crippen molar-refractivity contribution in [3.63, 3.8) is 0 Å². The molecule has 0 amide bonds. The minimum atomic E-state index is 0.209. The maximum atomic E-state index is 2.47. The largest absolute Gasteiger partial charge is 0.303 e. The van der Waals surface area contributed by atoms with E-state index in [0.29, 0.717) is 0 Å². The zero-order valence-corrected chi connectivity index (χ0v) is 9.97. The fourth-order valence-corrected chi connectivity index (χ4v) is 3.08. The molecule has 2 nitrogen and oxygen atoms in total. The van der Waals surface area contributed by atoms with E-state index in [1.165, 1.54) is 11.4 Å². The van der Waals surface area contributed by atoms with Gasteiger partial charge in [-0.1, -0.05) is 6.07 Å². The van der Waals surface area contributed by atoms with Gasteiger partial charge in [0.25, 0.3) is 0 Å². The van der Waals surface area contributed by atoms with E-state index >= 15 is 0 Å². The van der Waals surface area contributed by atoms with Crippen molar-refractivity contribution < 1.29 is 0 Å². The smallest absolute Gasteiger partial charge is 0.0651 e. The minimum Gasteiger partial charge on any atom is -0.303 e. The second-order valence-corrected chi connectivity index (χ2v) is 5.36. The average molecular weight is 210 g/mol. The van der Waals surface area contributed by atoms with Gasteiger partial charge in [-0.15, -0.1) is 11.3 Å².